The average Bonchev–Trinajstić information content (AvgIpc) is 2.88. The minimum Gasteiger partial charge on any atom is -0.369 e. The van der Waals surface area contributed by atoms with Crippen LogP contribution in [0.3, 0.4) is 0 Å². The number of rotatable bonds is 11. The smallest absolute Gasteiger partial charge is 0.220 e. The fourth-order valence-corrected chi connectivity index (χ4v) is 4.86. The van der Waals surface area contributed by atoms with Crippen molar-refractivity contribution < 1.29 is 9.18 Å². The predicted molar refractivity (Wildman–Crippen MR) is 141 cm³/mol. The number of benzene rings is 3. The Balaban J connectivity index is 1.16. The number of piperazine rings is 1. The molecule has 0 saturated carbocycles. The number of unbranched alkanes of at least 4 members (excludes halogenated alkanes) is 1. The van der Waals surface area contributed by atoms with Crippen LogP contribution in [-0.2, 0) is 17.6 Å². The highest BCUT2D eigenvalue weighted by Crippen LogP contribution is 2.20. The number of nitrogens with two attached hydrogens (primary N) is 1. The minimum atomic E-state index is -0.193. The maximum absolute atomic E-state index is 13.1. The molecule has 0 aromatic heterocycles. The lowest BCUT2D eigenvalue weighted by molar-refractivity contribution is -0.122. The first-order valence-electron chi connectivity index (χ1n) is 12.7. The summed E-state index contributed by atoms with van der Waals surface area (Å²) >= 11 is 0. The van der Waals surface area contributed by atoms with Gasteiger partial charge in [0.2, 0.25) is 5.91 Å². The van der Waals surface area contributed by atoms with E-state index in [-0.39, 0.29) is 17.6 Å². The topological polar surface area (TPSA) is 49.6 Å². The number of carbonyl (C=O) groups is 1. The molecule has 1 heterocycles. The Bertz CT molecular complexity index is 1050. The van der Waals surface area contributed by atoms with E-state index in [1.54, 1.807) is 0 Å². The summed E-state index contributed by atoms with van der Waals surface area (Å²) in [6, 6.07) is 25.6. The summed E-state index contributed by atoms with van der Waals surface area (Å²) in [5.41, 5.74) is 10.5. The van der Waals surface area contributed by atoms with Crippen LogP contribution >= 0.6 is 0 Å². The minimum absolute atomic E-state index is 0.0831. The first kappa shape index (κ1) is 24.9. The lowest BCUT2D eigenvalue weighted by atomic mass is 9.93. The summed E-state index contributed by atoms with van der Waals surface area (Å²) in [6.07, 6.45) is 4.52. The van der Waals surface area contributed by atoms with E-state index in [0.29, 0.717) is 0 Å². The molecule has 0 radical (unpaired) electrons. The predicted octanol–water partition coefficient (Wildman–Crippen LogP) is 5.05. The van der Waals surface area contributed by atoms with Gasteiger partial charge in [-0.3, -0.25) is 9.69 Å². The van der Waals surface area contributed by atoms with Crippen LogP contribution < -0.4 is 10.6 Å². The highest BCUT2D eigenvalue weighted by Gasteiger charge is 2.18. The van der Waals surface area contributed by atoms with E-state index in [2.05, 4.69) is 46.2 Å². The number of amides is 1. The van der Waals surface area contributed by atoms with Crippen LogP contribution in [0.25, 0.3) is 0 Å². The van der Waals surface area contributed by atoms with Gasteiger partial charge in [-0.2, -0.15) is 0 Å². The Hall–Kier alpha value is -3.18. The van der Waals surface area contributed by atoms with Crippen molar-refractivity contribution in [3.8, 4) is 0 Å². The van der Waals surface area contributed by atoms with Crippen molar-refractivity contribution >= 4 is 11.6 Å². The molecule has 1 fully saturated rings. The summed E-state index contributed by atoms with van der Waals surface area (Å²) in [4.78, 5) is 16.9. The lowest BCUT2D eigenvalue weighted by Gasteiger charge is -2.36. The molecule has 0 bridgehead atoms. The Kier molecular flexibility index (Phi) is 8.90. The second kappa shape index (κ2) is 12.5. The van der Waals surface area contributed by atoms with E-state index in [4.69, 9.17) is 5.73 Å². The second-order valence-electron chi connectivity index (χ2n) is 9.58. The largest absolute Gasteiger partial charge is 0.369 e. The normalized spacial score (nSPS) is 15.2. The van der Waals surface area contributed by atoms with E-state index in [1.165, 1.54) is 28.9 Å². The van der Waals surface area contributed by atoms with E-state index in [9.17, 15) is 9.18 Å². The number of primary amides is 1. The van der Waals surface area contributed by atoms with Gasteiger partial charge in [0.1, 0.15) is 5.82 Å². The van der Waals surface area contributed by atoms with Gasteiger partial charge < -0.3 is 10.6 Å². The van der Waals surface area contributed by atoms with Gasteiger partial charge in [-0.25, -0.2) is 4.39 Å². The number of halogens is 1. The monoisotopic (exact) mass is 473 g/mol. The van der Waals surface area contributed by atoms with Crippen LogP contribution in [0.4, 0.5) is 10.1 Å². The van der Waals surface area contributed by atoms with Crippen LogP contribution in [0.15, 0.2) is 78.9 Å². The van der Waals surface area contributed by atoms with E-state index < -0.39 is 0 Å². The summed E-state index contributed by atoms with van der Waals surface area (Å²) < 4.78 is 13.1. The summed E-state index contributed by atoms with van der Waals surface area (Å²) in [7, 11) is 0. The van der Waals surface area contributed by atoms with Crippen molar-refractivity contribution in [1.82, 2.24) is 4.90 Å². The molecule has 184 valence electrons. The van der Waals surface area contributed by atoms with Crippen LogP contribution in [0.5, 0.6) is 0 Å². The molecule has 0 spiro atoms. The molecular weight excluding hydrogens is 437 g/mol. The zero-order valence-electron chi connectivity index (χ0n) is 20.4. The first-order chi connectivity index (χ1) is 17.1. The molecule has 1 aliphatic rings. The highest BCUT2D eigenvalue weighted by molar-refractivity contribution is 5.76. The molecule has 1 unspecified atom stereocenters. The maximum Gasteiger partial charge on any atom is 0.220 e. The summed E-state index contributed by atoms with van der Waals surface area (Å²) in [6.45, 7) is 5.23. The molecule has 4 nitrogen and oxygen atoms in total. The zero-order chi connectivity index (χ0) is 24.5. The van der Waals surface area contributed by atoms with Crippen LogP contribution in [0.1, 0.15) is 36.0 Å². The van der Waals surface area contributed by atoms with Crippen LogP contribution in [-0.4, -0.2) is 43.5 Å². The van der Waals surface area contributed by atoms with E-state index in [0.717, 1.165) is 70.4 Å². The number of hydrogen-bond donors (Lipinski definition) is 1. The number of anilines is 1. The maximum atomic E-state index is 13.1. The van der Waals surface area contributed by atoms with Crippen LogP contribution in [0, 0.1) is 11.7 Å². The molecule has 1 amide bonds. The Morgan fingerprint density at radius 1 is 0.800 bits per heavy atom. The molecule has 4 rings (SSSR count). The van der Waals surface area contributed by atoms with E-state index >= 15 is 0 Å². The van der Waals surface area contributed by atoms with E-state index in [1.807, 2.05) is 30.3 Å². The quantitative estimate of drug-likeness (QED) is 0.397. The fourth-order valence-electron chi connectivity index (χ4n) is 4.86. The van der Waals surface area contributed by atoms with Crippen molar-refractivity contribution in [2.24, 2.45) is 11.7 Å². The third kappa shape index (κ3) is 7.66. The molecule has 5 heteroatoms. The molecule has 1 atom stereocenters. The van der Waals surface area contributed by atoms with Crippen molar-refractivity contribution in [3.05, 3.63) is 101 Å². The standard InChI is InChI=1S/C30H36FN3O/c31-28-13-9-25(10-14-28)22-26-11-15-29(16-12-26)34-20-18-33(19-21-34)17-5-4-8-27(30(32)35)23-24-6-2-1-3-7-24/h1-3,6-7,9-16,27H,4-5,8,17-23H2,(H2,32,35). The van der Waals surface area contributed by atoms with Gasteiger partial charge in [0.25, 0.3) is 0 Å². The van der Waals surface area contributed by atoms with Crippen molar-refractivity contribution in [3.63, 3.8) is 0 Å². The molecule has 1 aliphatic heterocycles. The van der Waals surface area contributed by atoms with Crippen LogP contribution in [0.2, 0.25) is 0 Å². The van der Waals surface area contributed by atoms with Gasteiger partial charge in [0.15, 0.2) is 0 Å². The fraction of sp³-hybridized carbons (Fsp3) is 0.367. The molecule has 3 aromatic rings. The van der Waals surface area contributed by atoms with Crippen molar-refractivity contribution in [2.75, 3.05) is 37.6 Å². The van der Waals surface area contributed by atoms with Gasteiger partial charge in [-0.15, -0.1) is 0 Å². The summed E-state index contributed by atoms with van der Waals surface area (Å²) in [5.74, 6) is -0.465. The molecular formula is C30H36FN3O. The average molecular weight is 474 g/mol. The number of nitrogens with zero attached hydrogens (tertiary/aromatic N) is 2. The van der Waals surface area contributed by atoms with Gasteiger partial charge in [0, 0.05) is 37.8 Å². The number of hydrogen-bond acceptors (Lipinski definition) is 3. The Morgan fingerprint density at radius 2 is 1.43 bits per heavy atom. The second-order valence-corrected chi connectivity index (χ2v) is 9.58. The zero-order valence-corrected chi connectivity index (χ0v) is 20.4. The van der Waals surface area contributed by atoms with Gasteiger partial charge in [-0.05, 0) is 73.2 Å². The van der Waals surface area contributed by atoms with Crippen molar-refractivity contribution in [2.45, 2.75) is 32.1 Å². The Labute approximate surface area is 208 Å². The molecule has 35 heavy (non-hydrogen) atoms. The SMILES string of the molecule is NC(=O)C(CCCCN1CCN(c2ccc(Cc3ccc(F)cc3)cc2)CC1)Cc1ccccc1. The summed E-state index contributed by atoms with van der Waals surface area (Å²) in [5, 5.41) is 0. The van der Waals surface area contributed by atoms with Gasteiger partial charge >= 0.3 is 0 Å². The third-order valence-corrected chi connectivity index (χ3v) is 7.00. The Morgan fingerprint density at radius 3 is 2.06 bits per heavy atom. The van der Waals surface area contributed by atoms with Gasteiger partial charge in [0.05, 0.1) is 0 Å². The molecule has 1 saturated heterocycles. The molecule has 0 aliphatic carbocycles. The molecule has 2 N–H and O–H groups in total. The third-order valence-electron chi connectivity index (χ3n) is 7.00. The highest BCUT2D eigenvalue weighted by atomic mass is 19.1. The van der Waals surface area contributed by atoms with Gasteiger partial charge in [-0.1, -0.05) is 61.0 Å². The van der Waals surface area contributed by atoms with Crippen molar-refractivity contribution in [1.29, 1.82) is 0 Å². The number of carbonyl (C=O) groups excluding carboxylic acids is 1. The first-order valence-corrected chi connectivity index (χ1v) is 12.7. The lowest BCUT2D eigenvalue weighted by Crippen LogP contribution is -2.46. The molecule has 3 aromatic carbocycles.